The molecule has 0 aliphatic heterocycles. The Hall–Kier alpha value is -3.54. The van der Waals surface area contributed by atoms with E-state index in [0.717, 1.165) is 0 Å². The molecular formula is C28H39N3O6. The number of esters is 1. The molecule has 2 N–H and O–H groups in total. The summed E-state index contributed by atoms with van der Waals surface area (Å²) in [6.45, 7) is 10.7. The molecule has 1 aromatic rings. The van der Waals surface area contributed by atoms with Crippen molar-refractivity contribution in [3.63, 3.8) is 0 Å². The van der Waals surface area contributed by atoms with Crippen LogP contribution >= 0.6 is 0 Å². The summed E-state index contributed by atoms with van der Waals surface area (Å²) in [7, 11) is 1.22. The van der Waals surface area contributed by atoms with Gasteiger partial charge in [-0.1, -0.05) is 44.9 Å². The third-order valence-electron chi connectivity index (χ3n) is 5.95. The molecule has 0 aromatic heterocycles. The molecule has 202 valence electrons. The third-order valence-corrected chi connectivity index (χ3v) is 5.95. The second-order valence-electron chi connectivity index (χ2n) is 10.8. The number of terminal acetylenes is 1. The van der Waals surface area contributed by atoms with Gasteiger partial charge in [-0.15, -0.1) is 6.42 Å². The molecule has 0 radical (unpaired) electrons. The number of amides is 3. The number of hydrogen-bond acceptors (Lipinski definition) is 6. The van der Waals surface area contributed by atoms with Crippen molar-refractivity contribution in [1.29, 1.82) is 0 Å². The monoisotopic (exact) mass is 513 g/mol. The maximum absolute atomic E-state index is 14.2. The van der Waals surface area contributed by atoms with Crippen molar-refractivity contribution >= 4 is 23.9 Å². The van der Waals surface area contributed by atoms with Gasteiger partial charge in [0, 0.05) is 11.6 Å². The van der Waals surface area contributed by atoms with Crippen molar-refractivity contribution in [2.75, 3.05) is 13.7 Å². The van der Waals surface area contributed by atoms with E-state index in [1.165, 1.54) is 12.0 Å². The normalized spacial score (nSPS) is 18.1. The van der Waals surface area contributed by atoms with Crippen molar-refractivity contribution < 1.29 is 28.7 Å². The molecule has 1 aliphatic carbocycles. The van der Waals surface area contributed by atoms with Crippen LogP contribution in [0.5, 0.6) is 0 Å². The van der Waals surface area contributed by atoms with Gasteiger partial charge in [0.2, 0.25) is 11.8 Å². The Balaban J connectivity index is 2.54. The summed E-state index contributed by atoms with van der Waals surface area (Å²) in [6, 6.07) is 4.58. The summed E-state index contributed by atoms with van der Waals surface area (Å²) in [4.78, 5) is 53.6. The molecule has 1 fully saturated rings. The average Bonchev–Trinajstić information content (AvgIpc) is 3.53. The zero-order valence-electron chi connectivity index (χ0n) is 22.8. The van der Waals surface area contributed by atoms with E-state index >= 15 is 0 Å². The molecule has 0 spiro atoms. The lowest BCUT2D eigenvalue weighted by molar-refractivity contribution is -0.145. The largest absolute Gasteiger partial charge is 0.468 e. The van der Waals surface area contributed by atoms with Crippen LogP contribution < -0.4 is 10.6 Å². The standard InChI is InChI=1S/C28H39N3O6/c1-9-19-12-10-11-13-20(19)24(25(33)29-16-23(32)36-8)31(22-15-18(22)4)26(34)21(14-17(2)3)30-27(35)37-28(5,6)7/h1,10-13,17-18,21-22,24H,14-16H2,2-8H3,(H,29,33)(H,30,35). The Kier molecular flexibility index (Phi) is 10.1. The van der Waals surface area contributed by atoms with Crippen LogP contribution in [-0.4, -0.2) is 60.1 Å². The first-order chi connectivity index (χ1) is 17.3. The summed E-state index contributed by atoms with van der Waals surface area (Å²) in [5, 5.41) is 5.30. The van der Waals surface area contributed by atoms with Crippen molar-refractivity contribution in [2.45, 2.75) is 78.1 Å². The number of nitrogens with one attached hydrogen (secondary N) is 2. The van der Waals surface area contributed by atoms with E-state index in [4.69, 9.17) is 11.2 Å². The Morgan fingerprint density at radius 1 is 1.19 bits per heavy atom. The van der Waals surface area contributed by atoms with Crippen LogP contribution in [0.15, 0.2) is 24.3 Å². The predicted octanol–water partition coefficient (Wildman–Crippen LogP) is 3.17. The Morgan fingerprint density at radius 2 is 1.81 bits per heavy atom. The van der Waals surface area contributed by atoms with Crippen molar-refractivity contribution in [1.82, 2.24) is 15.5 Å². The minimum Gasteiger partial charge on any atom is -0.468 e. The highest BCUT2D eigenvalue weighted by atomic mass is 16.6. The lowest BCUT2D eigenvalue weighted by Gasteiger charge is -2.35. The van der Waals surface area contributed by atoms with Gasteiger partial charge in [-0.3, -0.25) is 14.4 Å². The molecule has 0 heterocycles. The first-order valence-electron chi connectivity index (χ1n) is 12.5. The highest BCUT2D eigenvalue weighted by Crippen LogP contribution is 2.41. The molecule has 1 aromatic carbocycles. The van der Waals surface area contributed by atoms with E-state index in [1.54, 1.807) is 45.0 Å². The van der Waals surface area contributed by atoms with Gasteiger partial charge in [0.15, 0.2) is 0 Å². The highest BCUT2D eigenvalue weighted by Gasteiger charge is 2.48. The van der Waals surface area contributed by atoms with Gasteiger partial charge in [0.1, 0.15) is 24.2 Å². The van der Waals surface area contributed by atoms with Crippen LogP contribution in [0.25, 0.3) is 0 Å². The van der Waals surface area contributed by atoms with Gasteiger partial charge in [-0.2, -0.15) is 0 Å². The van der Waals surface area contributed by atoms with E-state index in [0.29, 0.717) is 24.0 Å². The predicted molar refractivity (Wildman–Crippen MR) is 139 cm³/mol. The molecule has 1 aliphatic rings. The second-order valence-corrected chi connectivity index (χ2v) is 10.8. The van der Waals surface area contributed by atoms with Crippen LogP contribution in [0.2, 0.25) is 0 Å². The Morgan fingerprint density at radius 3 is 2.32 bits per heavy atom. The Labute approximate surface area is 219 Å². The smallest absolute Gasteiger partial charge is 0.408 e. The lowest BCUT2D eigenvalue weighted by Crippen LogP contribution is -2.54. The molecule has 9 nitrogen and oxygen atoms in total. The van der Waals surface area contributed by atoms with E-state index in [9.17, 15) is 19.2 Å². The van der Waals surface area contributed by atoms with E-state index < -0.39 is 41.6 Å². The number of hydrogen-bond donors (Lipinski definition) is 2. The zero-order chi connectivity index (χ0) is 27.9. The first-order valence-corrected chi connectivity index (χ1v) is 12.5. The minimum absolute atomic E-state index is 0.0620. The molecular weight excluding hydrogens is 474 g/mol. The molecule has 3 amide bonds. The minimum atomic E-state index is -1.12. The Bertz CT molecular complexity index is 1040. The van der Waals surface area contributed by atoms with Crippen molar-refractivity contribution in [2.24, 2.45) is 11.8 Å². The van der Waals surface area contributed by atoms with Gasteiger partial charge >= 0.3 is 12.1 Å². The van der Waals surface area contributed by atoms with Crippen LogP contribution in [0.3, 0.4) is 0 Å². The maximum atomic E-state index is 14.2. The number of alkyl carbamates (subject to hydrolysis) is 1. The second kappa shape index (κ2) is 12.6. The fraction of sp³-hybridized carbons (Fsp3) is 0.571. The summed E-state index contributed by atoms with van der Waals surface area (Å²) < 4.78 is 10.1. The molecule has 4 atom stereocenters. The third kappa shape index (κ3) is 8.52. The number of benzene rings is 1. The van der Waals surface area contributed by atoms with Crippen LogP contribution in [0.1, 0.15) is 71.6 Å². The van der Waals surface area contributed by atoms with Crippen LogP contribution in [0, 0.1) is 24.2 Å². The van der Waals surface area contributed by atoms with Gasteiger partial charge in [0.05, 0.1) is 7.11 Å². The fourth-order valence-corrected chi connectivity index (χ4v) is 4.11. The SMILES string of the molecule is C#Cc1ccccc1C(C(=O)NCC(=O)OC)N(C(=O)C(CC(C)C)NC(=O)OC(C)(C)C)C1CC1C. The zero-order valence-corrected chi connectivity index (χ0v) is 22.8. The van der Waals surface area contributed by atoms with Gasteiger partial charge in [-0.25, -0.2) is 4.79 Å². The number of methoxy groups -OCH3 is 1. The van der Waals surface area contributed by atoms with Crippen LogP contribution in [-0.2, 0) is 23.9 Å². The lowest BCUT2D eigenvalue weighted by atomic mass is 9.96. The van der Waals surface area contributed by atoms with Crippen molar-refractivity contribution in [3.8, 4) is 12.3 Å². The molecule has 0 saturated heterocycles. The highest BCUT2D eigenvalue weighted by molar-refractivity contribution is 5.94. The molecule has 37 heavy (non-hydrogen) atoms. The molecule has 9 heteroatoms. The van der Waals surface area contributed by atoms with E-state index in [1.807, 2.05) is 20.8 Å². The summed E-state index contributed by atoms with van der Waals surface area (Å²) >= 11 is 0. The fourth-order valence-electron chi connectivity index (χ4n) is 4.11. The molecule has 0 bridgehead atoms. The van der Waals surface area contributed by atoms with E-state index in [-0.39, 0.29) is 24.4 Å². The molecule has 4 unspecified atom stereocenters. The first kappa shape index (κ1) is 29.7. The van der Waals surface area contributed by atoms with Gasteiger partial charge in [0.25, 0.3) is 0 Å². The number of rotatable bonds is 10. The van der Waals surface area contributed by atoms with Crippen molar-refractivity contribution in [3.05, 3.63) is 35.4 Å². The number of carbonyl (C=O) groups is 4. The number of nitrogens with zero attached hydrogens (tertiary/aromatic N) is 1. The number of carbonyl (C=O) groups excluding carboxylic acids is 4. The summed E-state index contributed by atoms with van der Waals surface area (Å²) in [5.41, 5.74) is 0.162. The van der Waals surface area contributed by atoms with Crippen LogP contribution in [0.4, 0.5) is 4.79 Å². The maximum Gasteiger partial charge on any atom is 0.408 e. The molecule has 2 rings (SSSR count). The van der Waals surface area contributed by atoms with E-state index in [2.05, 4.69) is 21.3 Å². The van der Waals surface area contributed by atoms with Gasteiger partial charge in [-0.05, 0) is 57.1 Å². The number of ether oxygens (including phenoxy) is 2. The summed E-state index contributed by atoms with van der Waals surface area (Å²) in [6.07, 6.45) is 6.05. The average molecular weight is 514 g/mol. The summed E-state index contributed by atoms with van der Waals surface area (Å²) in [5.74, 6) is 1.18. The molecule has 1 saturated carbocycles. The quantitative estimate of drug-likeness (QED) is 0.367. The van der Waals surface area contributed by atoms with Gasteiger partial charge < -0.3 is 25.0 Å². The topological polar surface area (TPSA) is 114 Å².